The quantitative estimate of drug-likeness (QED) is 0.759. The van der Waals surface area contributed by atoms with Crippen LogP contribution in [0.2, 0.25) is 0 Å². The molecule has 0 atom stereocenters. The van der Waals surface area contributed by atoms with Crippen LogP contribution in [-0.4, -0.2) is 34.1 Å². The van der Waals surface area contributed by atoms with Gasteiger partial charge in [-0.25, -0.2) is 4.98 Å². The summed E-state index contributed by atoms with van der Waals surface area (Å²) >= 11 is 1.58. The number of aliphatic hydroxyl groups is 1. The van der Waals surface area contributed by atoms with Gasteiger partial charge in [-0.15, -0.1) is 11.3 Å². The minimum Gasteiger partial charge on any atom is -0.383 e. The number of carbonyl (C=O) groups is 1. The first-order chi connectivity index (χ1) is 9.85. The van der Waals surface area contributed by atoms with Crippen molar-refractivity contribution >= 4 is 17.2 Å². The van der Waals surface area contributed by atoms with Gasteiger partial charge >= 0.3 is 5.92 Å². The van der Waals surface area contributed by atoms with E-state index in [1.165, 1.54) is 0 Å². The maximum Gasteiger partial charge on any atom is 0.352 e. The Morgan fingerprint density at radius 2 is 2.24 bits per heavy atom. The smallest absolute Gasteiger partial charge is 0.352 e. The molecule has 0 aromatic carbocycles. The highest BCUT2D eigenvalue weighted by atomic mass is 32.1. The maximum absolute atomic E-state index is 13.8. The lowest BCUT2D eigenvalue weighted by molar-refractivity contribution is -0.215. The van der Waals surface area contributed by atoms with Crippen LogP contribution in [0.5, 0.6) is 0 Å². The van der Waals surface area contributed by atoms with E-state index in [1.807, 2.05) is 12.3 Å². The van der Waals surface area contributed by atoms with Gasteiger partial charge in [-0.05, 0) is 45.4 Å². The summed E-state index contributed by atoms with van der Waals surface area (Å²) in [6.45, 7) is 2.11. The Balaban J connectivity index is 1.67. The second-order valence-electron chi connectivity index (χ2n) is 5.56. The molecular weight excluding hydrogens is 298 g/mol. The minimum absolute atomic E-state index is 0.0170. The maximum atomic E-state index is 13.8. The van der Waals surface area contributed by atoms with Gasteiger partial charge in [-0.3, -0.25) is 4.79 Å². The molecular formula is C14H20F2N2O2S. The van der Waals surface area contributed by atoms with Gasteiger partial charge in [0.25, 0.3) is 5.91 Å². The largest absolute Gasteiger partial charge is 0.383 e. The number of hydrogen-bond acceptors (Lipinski definition) is 4. The Bertz CT molecular complexity index is 501. The second-order valence-corrected chi connectivity index (χ2v) is 6.50. The predicted octanol–water partition coefficient (Wildman–Crippen LogP) is 2.44. The van der Waals surface area contributed by atoms with E-state index in [-0.39, 0.29) is 19.4 Å². The lowest BCUT2D eigenvalue weighted by Crippen LogP contribution is -2.60. The summed E-state index contributed by atoms with van der Waals surface area (Å²) in [4.78, 5) is 15.8. The molecule has 0 aliphatic heterocycles. The Morgan fingerprint density at radius 3 is 2.76 bits per heavy atom. The summed E-state index contributed by atoms with van der Waals surface area (Å²) in [7, 11) is 0. The number of alkyl halides is 2. The highest BCUT2D eigenvalue weighted by Gasteiger charge is 2.60. The molecule has 1 amide bonds. The van der Waals surface area contributed by atoms with E-state index in [4.69, 9.17) is 0 Å². The molecule has 0 saturated heterocycles. The van der Waals surface area contributed by atoms with Gasteiger partial charge in [0, 0.05) is 17.6 Å². The number of hydrogen-bond donors (Lipinski definition) is 2. The Morgan fingerprint density at radius 1 is 1.52 bits per heavy atom. The zero-order valence-corrected chi connectivity index (χ0v) is 12.8. The normalized spacial score (nSPS) is 17.3. The summed E-state index contributed by atoms with van der Waals surface area (Å²) in [5.41, 5.74) is -1.16. The molecule has 21 heavy (non-hydrogen) atoms. The fourth-order valence-corrected chi connectivity index (χ4v) is 3.09. The highest BCUT2D eigenvalue weighted by Crippen LogP contribution is 2.44. The molecule has 118 valence electrons. The number of rotatable bonds is 7. The molecule has 0 unspecified atom stereocenters. The Labute approximate surface area is 126 Å². The molecule has 1 aliphatic carbocycles. The van der Waals surface area contributed by atoms with E-state index in [0.717, 1.165) is 23.5 Å². The van der Waals surface area contributed by atoms with Crippen molar-refractivity contribution in [2.45, 2.75) is 57.0 Å². The minimum atomic E-state index is -3.70. The summed E-state index contributed by atoms with van der Waals surface area (Å²) in [5.74, 6) is -5.06. The molecule has 2 rings (SSSR count). The molecule has 2 N–H and O–H groups in total. The number of amides is 1. The third-order valence-corrected chi connectivity index (χ3v) is 4.85. The number of halogens is 2. The fraction of sp³-hybridized carbons (Fsp3) is 0.714. The van der Waals surface area contributed by atoms with Crippen LogP contribution in [0.25, 0.3) is 0 Å². The van der Waals surface area contributed by atoms with E-state index >= 15 is 0 Å². The standard InChI is InChI=1S/C14H20F2N2O2S/c1-10-9-21-11(18-10)5-2-3-8-17-12(19)14(15,16)13(20)6-4-7-13/h9,20H,2-8H2,1H3,(H,17,19). The van der Waals surface area contributed by atoms with E-state index in [0.29, 0.717) is 12.8 Å². The first-order valence-electron chi connectivity index (χ1n) is 7.15. The Kier molecular flexibility index (Phi) is 4.93. The molecule has 1 fully saturated rings. The van der Waals surface area contributed by atoms with Gasteiger partial charge in [-0.1, -0.05) is 0 Å². The number of nitrogens with zero attached hydrogens (tertiary/aromatic N) is 1. The molecule has 1 aromatic rings. The zero-order chi connectivity index (χ0) is 15.5. The van der Waals surface area contributed by atoms with E-state index in [2.05, 4.69) is 10.3 Å². The van der Waals surface area contributed by atoms with Crippen molar-refractivity contribution in [1.82, 2.24) is 10.3 Å². The predicted molar refractivity (Wildman–Crippen MR) is 76.5 cm³/mol. The summed E-state index contributed by atoms with van der Waals surface area (Å²) in [6.07, 6.45) is 2.68. The van der Waals surface area contributed by atoms with Crippen molar-refractivity contribution in [3.63, 3.8) is 0 Å². The van der Waals surface area contributed by atoms with E-state index in [9.17, 15) is 18.7 Å². The molecule has 0 spiro atoms. The molecule has 1 aliphatic rings. The van der Waals surface area contributed by atoms with Crippen LogP contribution in [0.1, 0.15) is 42.8 Å². The van der Waals surface area contributed by atoms with Gasteiger partial charge in [0.05, 0.1) is 5.01 Å². The number of thiazole rings is 1. The van der Waals surface area contributed by atoms with Crippen LogP contribution in [0.3, 0.4) is 0 Å². The van der Waals surface area contributed by atoms with Gasteiger partial charge in [-0.2, -0.15) is 8.78 Å². The molecule has 1 saturated carbocycles. The lowest BCUT2D eigenvalue weighted by atomic mass is 9.75. The first kappa shape index (κ1) is 16.3. The van der Waals surface area contributed by atoms with Crippen molar-refractivity contribution in [1.29, 1.82) is 0 Å². The molecule has 0 radical (unpaired) electrons. The third kappa shape index (κ3) is 3.58. The van der Waals surface area contributed by atoms with Crippen LogP contribution < -0.4 is 5.32 Å². The lowest BCUT2D eigenvalue weighted by Gasteiger charge is -2.41. The molecule has 4 nitrogen and oxygen atoms in total. The average Bonchev–Trinajstić information content (AvgIpc) is 2.80. The van der Waals surface area contributed by atoms with Crippen molar-refractivity contribution in [2.24, 2.45) is 0 Å². The fourth-order valence-electron chi connectivity index (χ4n) is 2.27. The van der Waals surface area contributed by atoms with Crippen LogP contribution in [0, 0.1) is 6.92 Å². The topological polar surface area (TPSA) is 62.2 Å². The molecule has 7 heteroatoms. The SMILES string of the molecule is Cc1csc(CCCCNC(=O)C(F)(F)C2(O)CCC2)n1. The number of unbranched alkanes of at least 4 members (excludes halogenated alkanes) is 1. The summed E-state index contributed by atoms with van der Waals surface area (Å²) < 4.78 is 27.5. The van der Waals surface area contributed by atoms with Crippen molar-refractivity contribution in [3.8, 4) is 0 Å². The molecule has 1 aromatic heterocycles. The Hall–Kier alpha value is -1.08. The van der Waals surface area contributed by atoms with Gasteiger partial charge < -0.3 is 10.4 Å². The van der Waals surface area contributed by atoms with E-state index < -0.39 is 17.4 Å². The van der Waals surface area contributed by atoms with Gasteiger partial charge in [0.15, 0.2) is 0 Å². The van der Waals surface area contributed by atoms with E-state index in [1.54, 1.807) is 11.3 Å². The zero-order valence-electron chi connectivity index (χ0n) is 12.0. The average molecular weight is 318 g/mol. The van der Waals surface area contributed by atoms with Crippen LogP contribution in [0.4, 0.5) is 8.78 Å². The third-order valence-electron chi connectivity index (χ3n) is 3.82. The highest BCUT2D eigenvalue weighted by molar-refractivity contribution is 7.09. The van der Waals surface area contributed by atoms with Crippen LogP contribution >= 0.6 is 11.3 Å². The second kappa shape index (κ2) is 6.36. The monoisotopic (exact) mass is 318 g/mol. The summed E-state index contributed by atoms with van der Waals surface area (Å²) in [5, 5.41) is 14.9. The first-order valence-corrected chi connectivity index (χ1v) is 8.03. The van der Waals surface area contributed by atoms with Crippen LogP contribution in [0.15, 0.2) is 5.38 Å². The van der Waals surface area contributed by atoms with Crippen molar-refractivity contribution in [3.05, 3.63) is 16.1 Å². The number of aromatic nitrogens is 1. The summed E-state index contributed by atoms with van der Waals surface area (Å²) in [6, 6.07) is 0. The number of nitrogens with one attached hydrogen (secondary N) is 1. The van der Waals surface area contributed by atoms with Gasteiger partial charge in [0.1, 0.15) is 5.60 Å². The van der Waals surface area contributed by atoms with Gasteiger partial charge in [0.2, 0.25) is 0 Å². The number of aryl methyl sites for hydroxylation is 2. The van der Waals surface area contributed by atoms with Crippen molar-refractivity contribution < 1.29 is 18.7 Å². The van der Waals surface area contributed by atoms with Crippen LogP contribution in [-0.2, 0) is 11.2 Å². The number of carbonyl (C=O) groups excluding carboxylic acids is 1. The van der Waals surface area contributed by atoms with Crippen molar-refractivity contribution in [2.75, 3.05) is 6.54 Å². The molecule has 0 bridgehead atoms. The molecule has 1 heterocycles.